The molecule has 3 heterocycles. The highest BCUT2D eigenvalue weighted by molar-refractivity contribution is 7.08. The van der Waals surface area contributed by atoms with E-state index in [9.17, 15) is 14.0 Å². The Kier molecular flexibility index (Phi) is 6.18. The Labute approximate surface area is 184 Å². The van der Waals surface area contributed by atoms with Crippen LogP contribution < -0.4 is 5.32 Å². The first-order valence-corrected chi connectivity index (χ1v) is 11.2. The lowest BCUT2D eigenvalue weighted by Crippen LogP contribution is -2.58. The fourth-order valence-corrected chi connectivity index (χ4v) is 4.43. The van der Waals surface area contributed by atoms with Gasteiger partial charge in [-0.05, 0) is 65.4 Å². The number of nitrogens with one attached hydrogen (secondary N) is 1. The topological polar surface area (TPSA) is 75.4 Å². The van der Waals surface area contributed by atoms with Gasteiger partial charge in [0.1, 0.15) is 11.9 Å². The van der Waals surface area contributed by atoms with E-state index >= 15 is 0 Å². The number of hydrogen-bond acceptors (Lipinski definition) is 5. The average molecular weight is 442 g/mol. The summed E-state index contributed by atoms with van der Waals surface area (Å²) in [5.74, 6) is -0.0691. The molecule has 1 N–H and O–H groups in total. The first kappa shape index (κ1) is 21.2. The maximum Gasteiger partial charge on any atom is 0.276 e. The molecular weight excluding hydrogens is 417 g/mol. The van der Waals surface area contributed by atoms with Gasteiger partial charge in [-0.1, -0.05) is 19.0 Å². The Morgan fingerprint density at radius 1 is 1.32 bits per heavy atom. The summed E-state index contributed by atoms with van der Waals surface area (Å²) in [6.45, 7) is 4.55. The van der Waals surface area contributed by atoms with Gasteiger partial charge in [0, 0.05) is 18.2 Å². The number of halogens is 1. The monoisotopic (exact) mass is 441 g/mol. The zero-order valence-electron chi connectivity index (χ0n) is 17.4. The molecule has 4 rings (SSSR count). The molecule has 0 aliphatic carbocycles. The Hall–Kier alpha value is -3.00. The molecule has 0 bridgehead atoms. The lowest BCUT2D eigenvalue weighted by molar-refractivity contribution is -0.129. The van der Waals surface area contributed by atoms with Gasteiger partial charge in [0.2, 0.25) is 5.91 Å². The number of carbonyl (C=O) groups is 2. The number of aromatic nitrogens is 1. The van der Waals surface area contributed by atoms with E-state index in [0.717, 1.165) is 12.0 Å². The van der Waals surface area contributed by atoms with E-state index in [1.54, 1.807) is 34.4 Å². The Balaban J connectivity index is 1.60. The molecule has 0 saturated carbocycles. The van der Waals surface area contributed by atoms with Gasteiger partial charge in [-0.25, -0.2) is 4.39 Å². The number of amides is 2. The number of nitrogens with zero attached hydrogens (tertiary/aromatic N) is 2. The molecule has 6 nitrogen and oxygen atoms in total. The maximum atomic E-state index is 13.4. The summed E-state index contributed by atoms with van der Waals surface area (Å²) in [4.78, 5) is 27.9. The molecule has 1 aliphatic rings. The van der Waals surface area contributed by atoms with Crippen molar-refractivity contribution >= 4 is 23.2 Å². The van der Waals surface area contributed by atoms with Crippen molar-refractivity contribution in [1.29, 1.82) is 0 Å². The van der Waals surface area contributed by atoms with Crippen molar-refractivity contribution in [3.05, 3.63) is 64.2 Å². The van der Waals surface area contributed by atoms with Gasteiger partial charge in [0.05, 0.1) is 6.04 Å². The van der Waals surface area contributed by atoms with Crippen LogP contribution in [0.5, 0.6) is 0 Å². The molecule has 31 heavy (non-hydrogen) atoms. The van der Waals surface area contributed by atoms with Gasteiger partial charge in [-0.2, -0.15) is 11.3 Å². The number of piperazine rings is 1. The number of carbonyl (C=O) groups excluding carboxylic acids is 2. The van der Waals surface area contributed by atoms with Crippen molar-refractivity contribution in [2.24, 2.45) is 5.92 Å². The lowest BCUT2D eigenvalue weighted by Gasteiger charge is -2.39. The predicted octanol–water partition coefficient (Wildman–Crippen LogP) is 4.66. The van der Waals surface area contributed by atoms with Crippen LogP contribution in [0.15, 0.2) is 51.7 Å². The molecule has 162 valence electrons. The molecule has 1 aromatic carbocycles. The standard InChI is InChI=1S/C23H24FN3O3S/c1-14(2)3-8-20-22(28)25-19(16-9-10-31-13-16)12-27(20)23(29)18-11-21(30-26-18)15-4-6-17(24)7-5-15/h4-7,9-11,13-14,19-20H,3,8,12H2,1-2H3,(H,25,28)/t19-,20+/m1/s1. The largest absolute Gasteiger partial charge is 0.355 e. The molecule has 2 amide bonds. The van der Waals surface area contributed by atoms with Crippen LogP contribution in [0.1, 0.15) is 48.8 Å². The fraction of sp³-hybridized carbons (Fsp3) is 0.348. The van der Waals surface area contributed by atoms with Gasteiger partial charge in [-0.3, -0.25) is 9.59 Å². The molecule has 2 aromatic heterocycles. The van der Waals surface area contributed by atoms with Gasteiger partial charge in [0.25, 0.3) is 5.91 Å². The van der Waals surface area contributed by atoms with Crippen LogP contribution in [-0.4, -0.2) is 34.5 Å². The van der Waals surface area contributed by atoms with Crippen molar-refractivity contribution in [1.82, 2.24) is 15.4 Å². The lowest BCUT2D eigenvalue weighted by atomic mass is 9.96. The molecular formula is C23H24FN3O3S. The van der Waals surface area contributed by atoms with Crippen LogP contribution in [0.2, 0.25) is 0 Å². The van der Waals surface area contributed by atoms with Crippen LogP contribution in [0.4, 0.5) is 4.39 Å². The SMILES string of the molecule is CC(C)CC[C@H]1C(=O)N[C@@H](c2ccsc2)CN1C(=O)c1cc(-c2ccc(F)cc2)on1. The highest BCUT2D eigenvalue weighted by Crippen LogP contribution is 2.28. The van der Waals surface area contributed by atoms with E-state index in [1.165, 1.54) is 12.1 Å². The van der Waals surface area contributed by atoms with E-state index in [2.05, 4.69) is 24.3 Å². The van der Waals surface area contributed by atoms with Crippen molar-refractivity contribution in [2.45, 2.75) is 38.8 Å². The van der Waals surface area contributed by atoms with E-state index in [4.69, 9.17) is 4.52 Å². The minimum atomic E-state index is -0.559. The van der Waals surface area contributed by atoms with Crippen LogP contribution in [-0.2, 0) is 4.79 Å². The van der Waals surface area contributed by atoms with Crippen LogP contribution in [0, 0.1) is 11.7 Å². The number of benzene rings is 1. The second kappa shape index (κ2) is 9.01. The normalized spacial score (nSPS) is 19.0. The highest BCUT2D eigenvalue weighted by atomic mass is 32.1. The average Bonchev–Trinajstić information content (AvgIpc) is 3.45. The van der Waals surface area contributed by atoms with Crippen molar-refractivity contribution in [2.75, 3.05) is 6.54 Å². The third-order valence-corrected chi connectivity index (χ3v) is 6.16. The second-order valence-electron chi connectivity index (χ2n) is 8.15. The Morgan fingerprint density at radius 3 is 2.77 bits per heavy atom. The van der Waals surface area contributed by atoms with Crippen LogP contribution in [0.25, 0.3) is 11.3 Å². The van der Waals surface area contributed by atoms with Crippen LogP contribution >= 0.6 is 11.3 Å². The highest BCUT2D eigenvalue weighted by Gasteiger charge is 2.39. The van der Waals surface area contributed by atoms with Crippen molar-refractivity contribution in [3.63, 3.8) is 0 Å². The van der Waals surface area contributed by atoms with Crippen molar-refractivity contribution < 1.29 is 18.5 Å². The molecule has 0 unspecified atom stereocenters. The third-order valence-electron chi connectivity index (χ3n) is 5.46. The number of thiophene rings is 1. The third kappa shape index (κ3) is 4.69. The Bertz CT molecular complexity index is 1050. The van der Waals surface area contributed by atoms with E-state index in [0.29, 0.717) is 30.2 Å². The summed E-state index contributed by atoms with van der Waals surface area (Å²) in [5, 5.41) is 10.9. The van der Waals surface area contributed by atoms with Gasteiger partial charge < -0.3 is 14.7 Å². The van der Waals surface area contributed by atoms with E-state index in [-0.39, 0.29) is 29.4 Å². The molecule has 1 aliphatic heterocycles. The number of hydrogen-bond donors (Lipinski definition) is 1. The molecule has 2 atom stereocenters. The molecule has 1 saturated heterocycles. The minimum Gasteiger partial charge on any atom is -0.355 e. The summed E-state index contributed by atoms with van der Waals surface area (Å²) in [6.07, 6.45) is 1.40. The van der Waals surface area contributed by atoms with Gasteiger partial charge in [-0.15, -0.1) is 0 Å². The molecule has 8 heteroatoms. The zero-order valence-corrected chi connectivity index (χ0v) is 18.2. The summed E-state index contributed by atoms with van der Waals surface area (Å²) in [6, 6.07) is 8.45. The summed E-state index contributed by atoms with van der Waals surface area (Å²) < 4.78 is 18.5. The maximum absolute atomic E-state index is 13.4. The molecule has 0 radical (unpaired) electrons. The number of rotatable bonds is 6. The zero-order chi connectivity index (χ0) is 22.0. The summed E-state index contributed by atoms with van der Waals surface area (Å²) >= 11 is 1.55. The smallest absolute Gasteiger partial charge is 0.276 e. The molecule has 1 fully saturated rings. The fourth-order valence-electron chi connectivity index (χ4n) is 3.72. The van der Waals surface area contributed by atoms with Crippen molar-refractivity contribution in [3.8, 4) is 11.3 Å². The first-order valence-electron chi connectivity index (χ1n) is 10.3. The Morgan fingerprint density at radius 2 is 2.10 bits per heavy atom. The van der Waals surface area contributed by atoms with Crippen LogP contribution in [0.3, 0.4) is 0 Å². The van der Waals surface area contributed by atoms with Gasteiger partial charge in [0.15, 0.2) is 11.5 Å². The van der Waals surface area contributed by atoms with E-state index in [1.807, 2.05) is 16.8 Å². The summed E-state index contributed by atoms with van der Waals surface area (Å²) in [7, 11) is 0. The quantitative estimate of drug-likeness (QED) is 0.604. The van der Waals surface area contributed by atoms with E-state index < -0.39 is 6.04 Å². The molecule has 0 spiro atoms. The molecule has 3 aromatic rings. The minimum absolute atomic E-state index is 0.132. The first-order chi connectivity index (χ1) is 14.9. The predicted molar refractivity (Wildman–Crippen MR) is 116 cm³/mol. The van der Waals surface area contributed by atoms with Gasteiger partial charge >= 0.3 is 0 Å². The second-order valence-corrected chi connectivity index (χ2v) is 8.93. The summed E-state index contributed by atoms with van der Waals surface area (Å²) in [5.41, 5.74) is 1.73.